The van der Waals surface area contributed by atoms with Crippen molar-refractivity contribution in [2.75, 3.05) is 13.2 Å². The fourth-order valence-electron chi connectivity index (χ4n) is 1.52. The maximum Gasteiger partial charge on any atom is 0.313 e. The minimum atomic E-state index is -3.82. The molecule has 18 heavy (non-hydrogen) atoms. The predicted octanol–water partition coefficient (Wildman–Crippen LogP) is 0.395. The van der Waals surface area contributed by atoms with E-state index in [-0.39, 0.29) is 30.4 Å². The van der Waals surface area contributed by atoms with E-state index < -0.39 is 10.1 Å². The molecule has 0 saturated carbocycles. The molecule has 1 amide bonds. The number of nitrogens with zero attached hydrogens (tertiary/aromatic N) is 1. The minimum absolute atomic E-state index is 0.0733. The van der Waals surface area contributed by atoms with Gasteiger partial charge in [-0.15, -0.1) is 0 Å². The molecule has 1 heterocycles. The molecule has 98 valence electrons. The Labute approximate surface area is 106 Å². The van der Waals surface area contributed by atoms with E-state index in [0.29, 0.717) is 0 Å². The molecule has 1 aliphatic rings. The molecule has 0 atom stereocenters. The third-order valence-electron chi connectivity index (χ3n) is 2.55. The molecule has 1 saturated heterocycles. The van der Waals surface area contributed by atoms with Crippen LogP contribution in [0.1, 0.15) is 12.0 Å². The van der Waals surface area contributed by atoms with Crippen molar-refractivity contribution >= 4 is 16.0 Å². The van der Waals surface area contributed by atoms with Gasteiger partial charge in [-0.2, -0.15) is 17.8 Å². The lowest BCUT2D eigenvalue weighted by atomic mass is 10.2. The number of benzene rings is 1. The summed E-state index contributed by atoms with van der Waals surface area (Å²) in [6.07, 6.45) is 0.226. The third kappa shape index (κ3) is 3.06. The van der Waals surface area contributed by atoms with E-state index in [1.54, 1.807) is 12.1 Å². The highest BCUT2D eigenvalue weighted by molar-refractivity contribution is 7.86. The molecule has 6 nitrogen and oxygen atoms in total. The molecule has 1 N–H and O–H groups in total. The van der Waals surface area contributed by atoms with Crippen molar-refractivity contribution in [3.05, 3.63) is 29.8 Å². The van der Waals surface area contributed by atoms with Crippen molar-refractivity contribution in [2.24, 2.45) is 0 Å². The van der Waals surface area contributed by atoms with Crippen LogP contribution in [-0.4, -0.2) is 32.6 Å². The summed E-state index contributed by atoms with van der Waals surface area (Å²) >= 11 is 0. The highest BCUT2D eigenvalue weighted by Gasteiger charge is 2.23. The van der Waals surface area contributed by atoms with Crippen molar-refractivity contribution in [2.45, 2.75) is 18.2 Å². The van der Waals surface area contributed by atoms with Crippen molar-refractivity contribution in [1.29, 1.82) is 0 Å². The van der Waals surface area contributed by atoms with Gasteiger partial charge in [0.2, 0.25) is 5.91 Å². The summed E-state index contributed by atoms with van der Waals surface area (Å²) in [5, 5.41) is 3.73. The standard InChI is InChI=1S/C11H14N2O4S/c1-9-2-4-10(5-3-9)18(15,16)17-13-7-6-11(14)12-8-13/h2-5H,6-8H2,1H3,(H,12,14). The molecule has 0 aliphatic carbocycles. The summed E-state index contributed by atoms with van der Waals surface area (Å²) in [6, 6.07) is 6.39. The quantitative estimate of drug-likeness (QED) is 0.860. The molecule has 0 aromatic heterocycles. The Morgan fingerprint density at radius 1 is 1.28 bits per heavy atom. The lowest BCUT2D eigenvalue weighted by Gasteiger charge is -2.24. The summed E-state index contributed by atoms with van der Waals surface area (Å²) in [6.45, 7) is 2.21. The van der Waals surface area contributed by atoms with Gasteiger partial charge < -0.3 is 5.32 Å². The highest BCUT2D eigenvalue weighted by atomic mass is 32.2. The number of nitrogens with one attached hydrogen (secondary N) is 1. The number of hydroxylamine groups is 2. The summed E-state index contributed by atoms with van der Waals surface area (Å²) in [7, 11) is -3.82. The van der Waals surface area contributed by atoms with Crippen molar-refractivity contribution in [1.82, 2.24) is 10.4 Å². The van der Waals surface area contributed by atoms with Crippen LogP contribution in [0.15, 0.2) is 29.2 Å². The van der Waals surface area contributed by atoms with E-state index in [1.165, 1.54) is 17.2 Å². The van der Waals surface area contributed by atoms with Crippen LogP contribution >= 0.6 is 0 Å². The van der Waals surface area contributed by atoms with Gasteiger partial charge in [0, 0.05) is 13.0 Å². The molecule has 0 radical (unpaired) electrons. The lowest BCUT2D eigenvalue weighted by molar-refractivity contribution is -0.135. The maximum absolute atomic E-state index is 11.9. The SMILES string of the molecule is Cc1ccc(S(=O)(=O)ON2CCC(=O)NC2)cc1. The largest absolute Gasteiger partial charge is 0.341 e. The van der Waals surface area contributed by atoms with Crippen LogP contribution in [-0.2, 0) is 19.2 Å². The van der Waals surface area contributed by atoms with Crippen LogP contribution in [0, 0.1) is 6.92 Å². The minimum Gasteiger partial charge on any atom is -0.341 e. The molecule has 0 unspecified atom stereocenters. The van der Waals surface area contributed by atoms with Gasteiger partial charge in [-0.05, 0) is 19.1 Å². The third-order valence-corrected chi connectivity index (χ3v) is 3.81. The van der Waals surface area contributed by atoms with Gasteiger partial charge in [0.25, 0.3) is 0 Å². The second-order valence-corrected chi connectivity index (χ2v) is 5.58. The number of amides is 1. The Balaban J connectivity index is 2.07. The van der Waals surface area contributed by atoms with E-state index in [0.717, 1.165) is 5.56 Å². The zero-order valence-electron chi connectivity index (χ0n) is 9.92. The molecular weight excluding hydrogens is 256 g/mol. The Morgan fingerprint density at radius 3 is 2.50 bits per heavy atom. The zero-order chi connectivity index (χ0) is 13.2. The van der Waals surface area contributed by atoms with E-state index in [9.17, 15) is 13.2 Å². The van der Waals surface area contributed by atoms with E-state index >= 15 is 0 Å². The summed E-state index contributed by atoms with van der Waals surface area (Å²) in [5.74, 6) is -0.109. The highest BCUT2D eigenvalue weighted by Crippen LogP contribution is 2.15. The molecule has 1 aliphatic heterocycles. The molecular formula is C11H14N2O4S. The maximum atomic E-state index is 11.9. The first kappa shape index (κ1) is 13.0. The van der Waals surface area contributed by atoms with Gasteiger partial charge in [-0.3, -0.25) is 4.79 Å². The number of aryl methyl sites for hydroxylation is 1. The molecule has 1 fully saturated rings. The predicted molar refractivity (Wildman–Crippen MR) is 63.8 cm³/mol. The fraction of sp³-hybridized carbons (Fsp3) is 0.364. The molecule has 7 heteroatoms. The van der Waals surface area contributed by atoms with Crippen LogP contribution in [0.4, 0.5) is 0 Å². The van der Waals surface area contributed by atoms with Gasteiger partial charge in [0.1, 0.15) is 0 Å². The van der Waals surface area contributed by atoms with E-state index in [1.807, 2.05) is 6.92 Å². The van der Waals surface area contributed by atoms with Gasteiger partial charge >= 0.3 is 10.1 Å². The van der Waals surface area contributed by atoms with Gasteiger partial charge in [0.05, 0.1) is 11.6 Å². The van der Waals surface area contributed by atoms with Gasteiger partial charge in [0.15, 0.2) is 0 Å². The normalized spacial score (nSPS) is 17.5. The first-order chi connectivity index (χ1) is 8.47. The molecule has 0 bridgehead atoms. The van der Waals surface area contributed by atoms with E-state index in [4.69, 9.17) is 4.28 Å². The Kier molecular flexibility index (Phi) is 3.65. The topological polar surface area (TPSA) is 75.7 Å². The summed E-state index contributed by atoms with van der Waals surface area (Å²) in [5.41, 5.74) is 0.971. The fourth-order valence-corrected chi connectivity index (χ4v) is 2.48. The number of carbonyl (C=O) groups excluding carboxylic acids is 1. The van der Waals surface area contributed by atoms with Gasteiger partial charge in [-0.1, -0.05) is 17.7 Å². The second-order valence-electron chi connectivity index (χ2n) is 4.06. The Hall–Kier alpha value is -1.44. The Bertz CT molecular complexity index is 529. The molecule has 1 aromatic rings. The van der Waals surface area contributed by atoms with Crippen LogP contribution in [0.25, 0.3) is 0 Å². The average molecular weight is 270 g/mol. The van der Waals surface area contributed by atoms with Crippen LogP contribution in [0.2, 0.25) is 0 Å². The summed E-state index contributed by atoms with van der Waals surface area (Å²) in [4.78, 5) is 11.0. The number of rotatable bonds is 3. The van der Waals surface area contributed by atoms with Gasteiger partial charge in [-0.25, -0.2) is 0 Å². The average Bonchev–Trinajstić information content (AvgIpc) is 2.32. The summed E-state index contributed by atoms with van der Waals surface area (Å²) < 4.78 is 28.8. The zero-order valence-corrected chi connectivity index (χ0v) is 10.7. The Morgan fingerprint density at radius 2 is 1.94 bits per heavy atom. The lowest BCUT2D eigenvalue weighted by Crippen LogP contribution is -2.45. The van der Waals surface area contributed by atoms with Crippen LogP contribution in [0.3, 0.4) is 0 Å². The molecule has 1 aromatic carbocycles. The first-order valence-electron chi connectivity index (χ1n) is 5.50. The number of carbonyl (C=O) groups is 1. The molecule has 0 spiro atoms. The second kappa shape index (κ2) is 5.05. The van der Waals surface area contributed by atoms with Crippen LogP contribution in [0.5, 0.6) is 0 Å². The first-order valence-corrected chi connectivity index (χ1v) is 6.91. The number of hydrogen-bond acceptors (Lipinski definition) is 5. The van der Waals surface area contributed by atoms with Crippen molar-refractivity contribution in [3.63, 3.8) is 0 Å². The number of hydrogen-bond donors (Lipinski definition) is 1. The van der Waals surface area contributed by atoms with Crippen LogP contribution < -0.4 is 5.32 Å². The molecule has 2 rings (SSSR count). The van der Waals surface area contributed by atoms with Crippen molar-refractivity contribution in [3.8, 4) is 0 Å². The van der Waals surface area contributed by atoms with Crippen molar-refractivity contribution < 1.29 is 17.5 Å². The monoisotopic (exact) mass is 270 g/mol. The van der Waals surface area contributed by atoms with E-state index in [2.05, 4.69) is 5.32 Å². The smallest absolute Gasteiger partial charge is 0.313 e.